The molecule has 0 saturated carbocycles. The number of Topliss-reactive ketones (excluding diaryl/α,β-unsaturated/α-hetero) is 1. The van der Waals surface area contributed by atoms with Gasteiger partial charge >= 0.3 is 0 Å². The molecule has 0 saturated heterocycles. The maximum atomic E-state index is 12.8. The van der Waals surface area contributed by atoms with E-state index in [1.807, 2.05) is 0 Å². The zero-order valence-corrected chi connectivity index (χ0v) is 7.94. The summed E-state index contributed by atoms with van der Waals surface area (Å²) in [5, 5.41) is 0. The van der Waals surface area contributed by atoms with Crippen LogP contribution in [0.15, 0.2) is 47.3 Å². The third-order valence-corrected chi connectivity index (χ3v) is 2.10. The monoisotopic (exact) mass is 204 g/mol. The van der Waals surface area contributed by atoms with Crippen molar-refractivity contribution < 1.29 is 13.6 Å². The molecule has 2 rings (SSSR count). The molecule has 15 heavy (non-hydrogen) atoms. The fourth-order valence-electron chi connectivity index (χ4n) is 1.36. The summed E-state index contributed by atoms with van der Waals surface area (Å²) >= 11 is 0. The van der Waals surface area contributed by atoms with Crippen LogP contribution in [-0.2, 0) is 6.42 Å². The van der Waals surface area contributed by atoms with Crippen molar-refractivity contribution in [1.29, 1.82) is 0 Å². The highest BCUT2D eigenvalue weighted by molar-refractivity contribution is 5.97. The van der Waals surface area contributed by atoms with Crippen molar-refractivity contribution in [3.8, 4) is 0 Å². The molecule has 0 spiro atoms. The van der Waals surface area contributed by atoms with Crippen molar-refractivity contribution in [3.63, 3.8) is 0 Å². The average molecular weight is 204 g/mol. The second kappa shape index (κ2) is 4.09. The Hall–Kier alpha value is -1.90. The van der Waals surface area contributed by atoms with Crippen molar-refractivity contribution in [2.24, 2.45) is 0 Å². The molecule has 0 N–H and O–H groups in total. The molecule has 0 aliphatic rings. The van der Waals surface area contributed by atoms with E-state index >= 15 is 0 Å². The summed E-state index contributed by atoms with van der Waals surface area (Å²) in [6, 6.07) is 7.62. The van der Waals surface area contributed by atoms with E-state index in [2.05, 4.69) is 0 Å². The third-order valence-electron chi connectivity index (χ3n) is 2.10. The molecule has 1 aromatic carbocycles. The second-order valence-electron chi connectivity index (χ2n) is 3.24. The standard InChI is InChI=1S/C12H9FO2/c13-11-3-1-2-9(6-11)7-12(14)10-4-5-15-8-10/h1-6,8H,7H2. The highest BCUT2D eigenvalue weighted by atomic mass is 19.1. The highest BCUT2D eigenvalue weighted by Gasteiger charge is 2.08. The van der Waals surface area contributed by atoms with Crippen LogP contribution in [0, 0.1) is 5.82 Å². The minimum Gasteiger partial charge on any atom is -0.472 e. The maximum absolute atomic E-state index is 12.8. The normalized spacial score (nSPS) is 10.2. The van der Waals surface area contributed by atoms with Crippen molar-refractivity contribution in [2.45, 2.75) is 6.42 Å². The van der Waals surface area contributed by atoms with Gasteiger partial charge in [-0.3, -0.25) is 4.79 Å². The van der Waals surface area contributed by atoms with Crippen LogP contribution in [0.5, 0.6) is 0 Å². The molecule has 0 aliphatic heterocycles. The predicted octanol–water partition coefficient (Wildman–Crippen LogP) is 2.84. The van der Waals surface area contributed by atoms with Crippen LogP contribution in [0.4, 0.5) is 4.39 Å². The van der Waals surface area contributed by atoms with E-state index < -0.39 is 0 Å². The number of benzene rings is 1. The Morgan fingerprint density at radius 1 is 1.33 bits per heavy atom. The number of hydrogen-bond donors (Lipinski definition) is 0. The molecule has 0 radical (unpaired) electrons. The SMILES string of the molecule is O=C(Cc1cccc(F)c1)c1ccoc1. The van der Waals surface area contributed by atoms with Gasteiger partial charge in [0.2, 0.25) is 0 Å². The van der Waals surface area contributed by atoms with E-state index in [1.165, 1.54) is 24.7 Å². The second-order valence-corrected chi connectivity index (χ2v) is 3.24. The molecule has 0 aliphatic carbocycles. The van der Waals surface area contributed by atoms with Gasteiger partial charge in [0.15, 0.2) is 5.78 Å². The molecule has 0 atom stereocenters. The topological polar surface area (TPSA) is 30.2 Å². The van der Waals surface area contributed by atoms with Crippen LogP contribution in [0.1, 0.15) is 15.9 Å². The Balaban J connectivity index is 2.13. The Bertz CT molecular complexity index is 460. The maximum Gasteiger partial charge on any atom is 0.170 e. The summed E-state index contributed by atoms with van der Waals surface area (Å²) < 4.78 is 17.6. The number of carbonyl (C=O) groups excluding carboxylic acids is 1. The lowest BCUT2D eigenvalue weighted by Gasteiger charge is -1.98. The molecule has 3 heteroatoms. The van der Waals surface area contributed by atoms with Crippen molar-refractivity contribution in [2.75, 3.05) is 0 Å². The lowest BCUT2D eigenvalue weighted by atomic mass is 10.1. The molecular weight excluding hydrogens is 195 g/mol. The van der Waals surface area contributed by atoms with Crippen molar-refractivity contribution >= 4 is 5.78 Å². The van der Waals surface area contributed by atoms with E-state index in [9.17, 15) is 9.18 Å². The van der Waals surface area contributed by atoms with Gasteiger partial charge in [-0.2, -0.15) is 0 Å². The molecule has 0 fully saturated rings. The largest absolute Gasteiger partial charge is 0.472 e. The zero-order valence-electron chi connectivity index (χ0n) is 7.94. The van der Waals surface area contributed by atoms with Crippen LogP contribution in [-0.4, -0.2) is 5.78 Å². The van der Waals surface area contributed by atoms with Gasteiger partial charge in [-0.15, -0.1) is 0 Å². The zero-order chi connectivity index (χ0) is 10.7. The molecular formula is C12H9FO2. The molecule has 0 unspecified atom stereocenters. The van der Waals surface area contributed by atoms with E-state index in [1.54, 1.807) is 18.2 Å². The van der Waals surface area contributed by atoms with Crippen LogP contribution < -0.4 is 0 Å². The van der Waals surface area contributed by atoms with Gasteiger partial charge in [-0.25, -0.2) is 4.39 Å². The Labute approximate surface area is 86.3 Å². The summed E-state index contributed by atoms with van der Waals surface area (Å²) in [6.07, 6.45) is 3.03. The Kier molecular flexibility index (Phi) is 2.63. The van der Waals surface area contributed by atoms with Gasteiger partial charge in [0, 0.05) is 6.42 Å². The first kappa shape index (κ1) is 9.65. The molecule has 2 aromatic rings. The first-order valence-electron chi connectivity index (χ1n) is 4.55. The van der Waals surface area contributed by atoms with Gasteiger partial charge in [0.05, 0.1) is 11.8 Å². The van der Waals surface area contributed by atoms with E-state index in [0.717, 1.165) is 0 Å². The molecule has 76 valence electrons. The van der Waals surface area contributed by atoms with Crippen LogP contribution in [0.3, 0.4) is 0 Å². The quantitative estimate of drug-likeness (QED) is 0.719. The van der Waals surface area contributed by atoms with Crippen LogP contribution in [0.25, 0.3) is 0 Å². The van der Waals surface area contributed by atoms with Gasteiger partial charge in [-0.1, -0.05) is 12.1 Å². The number of halogens is 1. The lowest BCUT2D eigenvalue weighted by molar-refractivity contribution is 0.0992. The molecule has 1 heterocycles. The number of rotatable bonds is 3. The number of ketones is 1. The third kappa shape index (κ3) is 2.31. The summed E-state index contributed by atoms with van der Waals surface area (Å²) in [5.74, 6) is -0.401. The summed E-state index contributed by atoms with van der Waals surface area (Å²) in [5.41, 5.74) is 1.18. The summed E-state index contributed by atoms with van der Waals surface area (Å²) in [7, 11) is 0. The summed E-state index contributed by atoms with van der Waals surface area (Å²) in [4.78, 5) is 11.6. The van der Waals surface area contributed by atoms with Gasteiger partial charge in [-0.05, 0) is 23.8 Å². The van der Waals surface area contributed by atoms with E-state index in [-0.39, 0.29) is 18.0 Å². The number of furan rings is 1. The average Bonchev–Trinajstić information content (AvgIpc) is 2.70. The van der Waals surface area contributed by atoms with Gasteiger partial charge in [0.25, 0.3) is 0 Å². The van der Waals surface area contributed by atoms with Crippen LogP contribution in [0.2, 0.25) is 0 Å². The smallest absolute Gasteiger partial charge is 0.170 e. The Morgan fingerprint density at radius 3 is 2.87 bits per heavy atom. The van der Waals surface area contributed by atoms with E-state index in [0.29, 0.717) is 11.1 Å². The number of carbonyl (C=O) groups is 1. The van der Waals surface area contributed by atoms with Crippen LogP contribution >= 0.6 is 0 Å². The first-order valence-corrected chi connectivity index (χ1v) is 4.55. The van der Waals surface area contributed by atoms with E-state index in [4.69, 9.17) is 4.42 Å². The lowest BCUT2D eigenvalue weighted by Crippen LogP contribution is -2.02. The molecule has 0 bridgehead atoms. The van der Waals surface area contributed by atoms with Gasteiger partial charge in [0.1, 0.15) is 12.1 Å². The minimum absolute atomic E-state index is 0.0747. The van der Waals surface area contributed by atoms with Crippen molar-refractivity contribution in [1.82, 2.24) is 0 Å². The molecule has 1 aromatic heterocycles. The fraction of sp³-hybridized carbons (Fsp3) is 0.0833. The molecule has 0 amide bonds. The predicted molar refractivity (Wildman–Crippen MR) is 53.1 cm³/mol. The fourth-order valence-corrected chi connectivity index (χ4v) is 1.36. The van der Waals surface area contributed by atoms with Crippen molar-refractivity contribution in [3.05, 3.63) is 59.8 Å². The highest BCUT2D eigenvalue weighted by Crippen LogP contribution is 2.09. The van der Waals surface area contributed by atoms with Gasteiger partial charge < -0.3 is 4.42 Å². The summed E-state index contributed by atoms with van der Waals surface area (Å²) in [6.45, 7) is 0. The molecule has 2 nitrogen and oxygen atoms in total. The minimum atomic E-state index is -0.326. The first-order chi connectivity index (χ1) is 7.25. The Morgan fingerprint density at radius 2 is 2.20 bits per heavy atom. The number of hydrogen-bond acceptors (Lipinski definition) is 2.